The van der Waals surface area contributed by atoms with E-state index in [0.29, 0.717) is 5.69 Å². The Morgan fingerprint density at radius 2 is 1.92 bits per heavy atom. The first-order chi connectivity index (χ1) is 12.0. The molecule has 0 fully saturated rings. The van der Waals surface area contributed by atoms with E-state index in [-0.39, 0.29) is 11.9 Å². The van der Waals surface area contributed by atoms with Crippen LogP contribution in [0.3, 0.4) is 0 Å². The Morgan fingerprint density at radius 3 is 2.52 bits per heavy atom. The predicted octanol–water partition coefficient (Wildman–Crippen LogP) is 4.71. The Morgan fingerprint density at radius 1 is 1.20 bits per heavy atom. The van der Waals surface area contributed by atoms with E-state index in [1.165, 1.54) is 5.56 Å². The highest BCUT2D eigenvalue weighted by atomic mass is 16.2. The Labute approximate surface area is 148 Å². The highest BCUT2D eigenvalue weighted by Gasteiger charge is 2.25. The molecule has 130 valence electrons. The topological polar surface area (TPSA) is 49.0 Å². The molecule has 0 radical (unpaired) electrons. The molecule has 25 heavy (non-hydrogen) atoms. The zero-order valence-corrected chi connectivity index (χ0v) is 15.6. The second-order valence-electron chi connectivity index (χ2n) is 6.70. The second kappa shape index (κ2) is 6.71. The number of fused-ring (bicyclic) bond motifs is 1. The summed E-state index contributed by atoms with van der Waals surface area (Å²) in [6.45, 7) is 8.27. The lowest BCUT2D eigenvalue weighted by atomic mass is 10.0. The van der Waals surface area contributed by atoms with E-state index in [2.05, 4.69) is 42.9 Å². The normalized spacial score (nSPS) is 12.4. The highest BCUT2D eigenvalue weighted by molar-refractivity contribution is 6.02. The van der Waals surface area contributed by atoms with E-state index >= 15 is 0 Å². The molecule has 0 unspecified atom stereocenters. The molecule has 3 aromatic rings. The lowest BCUT2D eigenvalue weighted by Gasteiger charge is -2.27. The Hall–Kier alpha value is -2.62. The average molecular weight is 335 g/mol. The van der Waals surface area contributed by atoms with Gasteiger partial charge in [-0.1, -0.05) is 25.1 Å². The highest BCUT2D eigenvalue weighted by Crippen LogP contribution is 2.30. The number of hydrogen-bond acceptors (Lipinski definition) is 2. The van der Waals surface area contributed by atoms with Crippen LogP contribution in [0.25, 0.3) is 10.9 Å². The number of aromatic nitrogens is 2. The van der Waals surface area contributed by atoms with Crippen LogP contribution in [-0.4, -0.2) is 27.8 Å². The van der Waals surface area contributed by atoms with Gasteiger partial charge in [-0.25, -0.2) is 0 Å². The standard InChI is InChI=1S/C21H25N3O/c1-6-17(16-8-7-11-22-12-16)24(5)21(25)20-15(4)18-13(2)9-10-14(3)19(18)23-20/h7-12,17,23H,6H2,1-5H3/t17-/m1/s1. The first-order valence-electron chi connectivity index (χ1n) is 8.71. The fourth-order valence-electron chi connectivity index (χ4n) is 3.64. The summed E-state index contributed by atoms with van der Waals surface area (Å²) in [5.74, 6) is 0.0169. The molecule has 0 saturated heterocycles. The average Bonchev–Trinajstić information content (AvgIpc) is 2.98. The van der Waals surface area contributed by atoms with Gasteiger partial charge < -0.3 is 9.88 Å². The number of rotatable bonds is 4. The van der Waals surface area contributed by atoms with Crippen LogP contribution in [-0.2, 0) is 0 Å². The van der Waals surface area contributed by atoms with Crippen molar-refractivity contribution < 1.29 is 4.79 Å². The fraction of sp³-hybridized carbons (Fsp3) is 0.333. The van der Waals surface area contributed by atoms with E-state index in [1.807, 2.05) is 37.2 Å². The molecule has 3 rings (SSSR count). The Bertz CT molecular complexity index is 912. The van der Waals surface area contributed by atoms with Crippen molar-refractivity contribution >= 4 is 16.8 Å². The van der Waals surface area contributed by atoms with Crippen molar-refractivity contribution in [3.05, 3.63) is 64.6 Å². The van der Waals surface area contributed by atoms with Crippen molar-refractivity contribution in [1.29, 1.82) is 0 Å². The van der Waals surface area contributed by atoms with E-state index in [1.54, 1.807) is 6.20 Å². The molecule has 2 aromatic heterocycles. The van der Waals surface area contributed by atoms with Crippen LogP contribution in [0.1, 0.15) is 52.1 Å². The van der Waals surface area contributed by atoms with Crippen LogP contribution >= 0.6 is 0 Å². The molecule has 1 atom stereocenters. The quantitative estimate of drug-likeness (QED) is 0.750. The number of amides is 1. The number of aryl methyl sites for hydroxylation is 3. The van der Waals surface area contributed by atoms with Crippen LogP contribution in [0.2, 0.25) is 0 Å². The summed E-state index contributed by atoms with van der Waals surface area (Å²) in [6, 6.07) is 8.15. The Kier molecular flexibility index (Phi) is 4.62. The van der Waals surface area contributed by atoms with Gasteiger partial charge in [0.05, 0.1) is 6.04 Å². The third-order valence-electron chi connectivity index (χ3n) is 5.08. The molecule has 0 aliphatic carbocycles. The van der Waals surface area contributed by atoms with Gasteiger partial charge in [0.15, 0.2) is 0 Å². The summed E-state index contributed by atoms with van der Waals surface area (Å²) in [7, 11) is 1.87. The predicted molar refractivity (Wildman–Crippen MR) is 102 cm³/mol. The largest absolute Gasteiger partial charge is 0.350 e. The smallest absolute Gasteiger partial charge is 0.270 e. The monoisotopic (exact) mass is 335 g/mol. The van der Waals surface area contributed by atoms with Gasteiger partial charge in [-0.2, -0.15) is 0 Å². The lowest BCUT2D eigenvalue weighted by molar-refractivity contribution is 0.0720. The van der Waals surface area contributed by atoms with Crippen LogP contribution in [0.4, 0.5) is 0 Å². The summed E-state index contributed by atoms with van der Waals surface area (Å²) in [5, 5.41) is 1.16. The van der Waals surface area contributed by atoms with E-state index in [9.17, 15) is 4.79 Å². The maximum atomic E-state index is 13.2. The molecule has 4 nitrogen and oxygen atoms in total. The number of carbonyl (C=O) groups is 1. The van der Waals surface area contributed by atoms with Crippen LogP contribution in [0, 0.1) is 20.8 Å². The number of aromatic amines is 1. The SMILES string of the molecule is CC[C@H](c1cccnc1)N(C)C(=O)c1[nH]c2c(C)ccc(C)c2c1C. The van der Waals surface area contributed by atoms with Crippen LogP contribution in [0.15, 0.2) is 36.7 Å². The third-order valence-corrected chi connectivity index (χ3v) is 5.08. The molecule has 2 heterocycles. The van der Waals surface area contributed by atoms with E-state index in [4.69, 9.17) is 0 Å². The van der Waals surface area contributed by atoms with Gasteiger partial charge in [-0.15, -0.1) is 0 Å². The molecule has 0 spiro atoms. The first kappa shape index (κ1) is 17.2. The minimum Gasteiger partial charge on any atom is -0.350 e. The van der Waals surface area contributed by atoms with Crippen molar-refractivity contribution in [2.24, 2.45) is 0 Å². The number of nitrogens with zero attached hydrogens (tertiary/aromatic N) is 2. The van der Waals surface area contributed by atoms with Crippen molar-refractivity contribution in [2.75, 3.05) is 7.05 Å². The maximum Gasteiger partial charge on any atom is 0.270 e. The third kappa shape index (κ3) is 2.93. The molecular weight excluding hydrogens is 310 g/mol. The van der Waals surface area contributed by atoms with Crippen LogP contribution < -0.4 is 0 Å². The molecule has 1 aromatic carbocycles. The number of pyridine rings is 1. The van der Waals surface area contributed by atoms with Gasteiger partial charge in [0.25, 0.3) is 5.91 Å². The fourth-order valence-corrected chi connectivity index (χ4v) is 3.64. The minimum absolute atomic E-state index is 0.00852. The summed E-state index contributed by atoms with van der Waals surface area (Å²) >= 11 is 0. The molecule has 0 bridgehead atoms. The molecule has 0 aliphatic rings. The van der Waals surface area contributed by atoms with Gasteiger partial charge in [0.1, 0.15) is 5.69 Å². The zero-order chi connectivity index (χ0) is 18.1. The van der Waals surface area contributed by atoms with Gasteiger partial charge in [-0.05, 0) is 55.5 Å². The van der Waals surface area contributed by atoms with Crippen molar-refractivity contribution in [3.63, 3.8) is 0 Å². The van der Waals surface area contributed by atoms with Crippen molar-refractivity contribution in [3.8, 4) is 0 Å². The molecular formula is C21H25N3O. The summed E-state index contributed by atoms with van der Waals surface area (Å²) in [5.41, 5.74) is 6.16. The zero-order valence-electron chi connectivity index (χ0n) is 15.6. The number of benzene rings is 1. The summed E-state index contributed by atoms with van der Waals surface area (Å²) in [6.07, 6.45) is 4.43. The summed E-state index contributed by atoms with van der Waals surface area (Å²) in [4.78, 5) is 22.6. The van der Waals surface area contributed by atoms with Gasteiger partial charge in [0.2, 0.25) is 0 Å². The number of H-pyrrole nitrogens is 1. The van der Waals surface area contributed by atoms with Crippen LogP contribution in [0.5, 0.6) is 0 Å². The van der Waals surface area contributed by atoms with Gasteiger partial charge >= 0.3 is 0 Å². The Balaban J connectivity index is 2.03. The molecule has 0 saturated carbocycles. The maximum absolute atomic E-state index is 13.2. The molecule has 0 aliphatic heterocycles. The first-order valence-corrected chi connectivity index (χ1v) is 8.71. The van der Waals surface area contributed by atoms with E-state index in [0.717, 1.165) is 34.0 Å². The number of nitrogens with one attached hydrogen (secondary N) is 1. The summed E-state index contributed by atoms with van der Waals surface area (Å²) < 4.78 is 0. The second-order valence-corrected chi connectivity index (χ2v) is 6.70. The molecule has 1 amide bonds. The molecule has 1 N–H and O–H groups in total. The van der Waals surface area contributed by atoms with Crippen molar-refractivity contribution in [1.82, 2.24) is 14.9 Å². The van der Waals surface area contributed by atoms with E-state index < -0.39 is 0 Å². The minimum atomic E-state index is 0.00852. The van der Waals surface area contributed by atoms with Gasteiger partial charge in [0, 0.05) is 30.3 Å². The number of hydrogen-bond donors (Lipinski definition) is 1. The number of carbonyl (C=O) groups excluding carboxylic acids is 1. The van der Waals surface area contributed by atoms with Crippen molar-refractivity contribution in [2.45, 2.75) is 40.2 Å². The molecule has 4 heteroatoms. The lowest BCUT2D eigenvalue weighted by Crippen LogP contribution is -2.31. The van der Waals surface area contributed by atoms with Gasteiger partial charge in [-0.3, -0.25) is 9.78 Å².